The molecule has 2 aliphatic rings. The molecule has 3 heterocycles. The highest BCUT2D eigenvalue weighted by atomic mass is 15.2. The van der Waals surface area contributed by atoms with Gasteiger partial charge < -0.3 is 4.90 Å². The summed E-state index contributed by atoms with van der Waals surface area (Å²) in [5.41, 5.74) is 2.76. The minimum atomic E-state index is 0.00168. The van der Waals surface area contributed by atoms with Gasteiger partial charge in [-0.1, -0.05) is 41.5 Å². The summed E-state index contributed by atoms with van der Waals surface area (Å²) in [6.45, 7) is 14.6. The predicted octanol–water partition coefficient (Wildman–Crippen LogP) is 3.99. The van der Waals surface area contributed by atoms with Crippen LogP contribution in [0.5, 0.6) is 0 Å². The third-order valence-corrected chi connectivity index (χ3v) is 4.74. The fraction of sp³-hybridized carbons (Fsp3) is 0.778. The molecular formula is C18H29N3. The van der Waals surface area contributed by atoms with E-state index in [9.17, 15) is 0 Å². The summed E-state index contributed by atoms with van der Waals surface area (Å²) in [6, 6.07) is 0.716. The van der Waals surface area contributed by atoms with Crippen molar-refractivity contribution >= 4 is 5.82 Å². The molecule has 0 aromatic carbocycles. The molecule has 0 amide bonds. The average Bonchev–Trinajstić information content (AvgIpc) is 2.83. The highest BCUT2D eigenvalue weighted by Gasteiger charge is 2.36. The van der Waals surface area contributed by atoms with E-state index in [2.05, 4.69) is 46.4 Å². The van der Waals surface area contributed by atoms with Crippen molar-refractivity contribution in [1.82, 2.24) is 9.97 Å². The molecule has 1 aromatic rings. The fourth-order valence-electron chi connectivity index (χ4n) is 3.62. The van der Waals surface area contributed by atoms with Crippen molar-refractivity contribution in [1.29, 1.82) is 0 Å². The zero-order valence-electron chi connectivity index (χ0n) is 14.5. The van der Waals surface area contributed by atoms with E-state index in [1.165, 1.54) is 42.9 Å². The van der Waals surface area contributed by atoms with E-state index in [1.54, 1.807) is 0 Å². The van der Waals surface area contributed by atoms with E-state index in [4.69, 9.17) is 9.97 Å². The molecule has 2 aliphatic heterocycles. The largest absolute Gasteiger partial charge is 0.353 e. The molecule has 1 atom stereocenters. The lowest BCUT2D eigenvalue weighted by atomic mass is 9.84. The first-order chi connectivity index (χ1) is 9.68. The Balaban J connectivity index is 2.20. The maximum atomic E-state index is 5.02. The normalized spacial score (nSPS) is 22.2. The highest BCUT2D eigenvalue weighted by molar-refractivity contribution is 5.55. The van der Waals surface area contributed by atoms with Gasteiger partial charge in [0.15, 0.2) is 0 Å². The minimum Gasteiger partial charge on any atom is -0.353 e. The first kappa shape index (κ1) is 14.8. The van der Waals surface area contributed by atoms with Crippen LogP contribution in [0, 0.1) is 0 Å². The number of hydrogen-bond donors (Lipinski definition) is 0. The molecule has 1 saturated heterocycles. The van der Waals surface area contributed by atoms with Gasteiger partial charge in [0.2, 0.25) is 0 Å². The van der Waals surface area contributed by atoms with Crippen molar-refractivity contribution in [2.75, 3.05) is 11.4 Å². The second-order valence-corrected chi connectivity index (χ2v) is 8.73. The summed E-state index contributed by atoms with van der Waals surface area (Å²) < 4.78 is 0. The molecule has 0 N–H and O–H groups in total. The summed E-state index contributed by atoms with van der Waals surface area (Å²) in [7, 11) is 0. The monoisotopic (exact) mass is 287 g/mol. The third-order valence-electron chi connectivity index (χ3n) is 4.74. The molecule has 0 bridgehead atoms. The van der Waals surface area contributed by atoms with Gasteiger partial charge in [-0.05, 0) is 25.7 Å². The topological polar surface area (TPSA) is 29.0 Å². The van der Waals surface area contributed by atoms with Gasteiger partial charge in [0.25, 0.3) is 0 Å². The van der Waals surface area contributed by atoms with Gasteiger partial charge in [-0.15, -0.1) is 0 Å². The van der Waals surface area contributed by atoms with Crippen LogP contribution >= 0.6 is 0 Å². The Kier molecular flexibility index (Phi) is 3.30. The number of aromatic nitrogens is 2. The first-order valence-corrected chi connectivity index (χ1v) is 8.36. The lowest BCUT2D eigenvalue weighted by molar-refractivity contribution is 0.490. The molecule has 3 rings (SSSR count). The van der Waals surface area contributed by atoms with Crippen LogP contribution < -0.4 is 4.90 Å². The zero-order chi connectivity index (χ0) is 15.4. The number of rotatable bonds is 0. The van der Waals surface area contributed by atoms with Crippen LogP contribution in [0.2, 0.25) is 0 Å². The summed E-state index contributed by atoms with van der Waals surface area (Å²) in [5, 5.41) is 0. The van der Waals surface area contributed by atoms with E-state index in [0.717, 1.165) is 12.2 Å². The molecule has 116 valence electrons. The Morgan fingerprint density at radius 1 is 0.952 bits per heavy atom. The molecule has 0 aliphatic carbocycles. The fourth-order valence-corrected chi connectivity index (χ4v) is 3.62. The number of fused-ring (bicyclic) bond motifs is 3. The van der Waals surface area contributed by atoms with Crippen LogP contribution in [0.25, 0.3) is 0 Å². The highest BCUT2D eigenvalue weighted by Crippen LogP contribution is 2.40. The smallest absolute Gasteiger partial charge is 0.136 e. The van der Waals surface area contributed by atoms with E-state index in [1.807, 2.05) is 0 Å². The van der Waals surface area contributed by atoms with Crippen LogP contribution in [0.4, 0.5) is 5.82 Å². The summed E-state index contributed by atoms with van der Waals surface area (Å²) in [5.74, 6) is 2.24. The van der Waals surface area contributed by atoms with E-state index in [-0.39, 0.29) is 10.8 Å². The van der Waals surface area contributed by atoms with Gasteiger partial charge in [0.1, 0.15) is 11.6 Å². The van der Waals surface area contributed by atoms with Crippen molar-refractivity contribution in [3.63, 3.8) is 0 Å². The maximum absolute atomic E-state index is 5.02. The average molecular weight is 287 g/mol. The lowest BCUT2D eigenvalue weighted by Crippen LogP contribution is -2.37. The molecular weight excluding hydrogens is 258 g/mol. The van der Waals surface area contributed by atoms with Gasteiger partial charge in [-0.3, -0.25) is 0 Å². The van der Waals surface area contributed by atoms with Crippen LogP contribution in [-0.4, -0.2) is 22.6 Å². The Labute approximate surface area is 129 Å². The van der Waals surface area contributed by atoms with Gasteiger partial charge in [0, 0.05) is 29.0 Å². The number of anilines is 1. The SMILES string of the molecule is CC(C)(C)c1nc2c(c(C(C)(C)C)n1)CCC1CCCN21. The molecule has 1 fully saturated rings. The van der Waals surface area contributed by atoms with Crippen molar-refractivity contribution in [2.24, 2.45) is 0 Å². The number of hydrogen-bond acceptors (Lipinski definition) is 3. The van der Waals surface area contributed by atoms with E-state index < -0.39 is 0 Å². The second kappa shape index (κ2) is 4.69. The van der Waals surface area contributed by atoms with Gasteiger partial charge in [-0.25, -0.2) is 9.97 Å². The molecule has 21 heavy (non-hydrogen) atoms. The van der Waals surface area contributed by atoms with Crippen LogP contribution in [0.3, 0.4) is 0 Å². The predicted molar refractivity (Wildman–Crippen MR) is 88.1 cm³/mol. The third kappa shape index (κ3) is 2.56. The summed E-state index contributed by atoms with van der Waals surface area (Å²) in [4.78, 5) is 12.6. The molecule has 0 saturated carbocycles. The van der Waals surface area contributed by atoms with Crippen LogP contribution in [0.15, 0.2) is 0 Å². The Morgan fingerprint density at radius 3 is 2.29 bits per heavy atom. The Hall–Kier alpha value is -1.12. The maximum Gasteiger partial charge on any atom is 0.136 e. The van der Waals surface area contributed by atoms with Crippen molar-refractivity contribution in [3.8, 4) is 0 Å². The molecule has 0 spiro atoms. The Bertz CT molecular complexity index is 549. The molecule has 1 unspecified atom stereocenters. The Morgan fingerprint density at radius 2 is 1.67 bits per heavy atom. The minimum absolute atomic E-state index is 0.00168. The molecule has 3 heteroatoms. The van der Waals surface area contributed by atoms with Crippen molar-refractivity contribution in [2.45, 2.75) is 84.1 Å². The van der Waals surface area contributed by atoms with Crippen LogP contribution in [-0.2, 0) is 17.3 Å². The summed E-state index contributed by atoms with van der Waals surface area (Å²) >= 11 is 0. The van der Waals surface area contributed by atoms with Gasteiger partial charge >= 0.3 is 0 Å². The van der Waals surface area contributed by atoms with Crippen molar-refractivity contribution < 1.29 is 0 Å². The van der Waals surface area contributed by atoms with E-state index >= 15 is 0 Å². The van der Waals surface area contributed by atoms with Crippen molar-refractivity contribution in [3.05, 3.63) is 17.1 Å². The second-order valence-electron chi connectivity index (χ2n) is 8.73. The zero-order valence-corrected chi connectivity index (χ0v) is 14.5. The summed E-state index contributed by atoms with van der Waals surface area (Å²) in [6.07, 6.45) is 5.06. The molecule has 0 radical (unpaired) electrons. The van der Waals surface area contributed by atoms with Gasteiger partial charge in [-0.2, -0.15) is 0 Å². The van der Waals surface area contributed by atoms with Crippen LogP contribution in [0.1, 0.15) is 77.9 Å². The molecule has 3 nitrogen and oxygen atoms in total. The first-order valence-electron chi connectivity index (χ1n) is 8.36. The standard InChI is InChI=1S/C18H29N3/c1-17(2,3)14-13-10-9-12-8-7-11-21(12)15(13)20-16(19-14)18(4,5)6/h12H,7-11H2,1-6H3. The van der Waals surface area contributed by atoms with Gasteiger partial charge in [0.05, 0.1) is 5.69 Å². The van der Waals surface area contributed by atoms with E-state index in [0.29, 0.717) is 6.04 Å². The molecule has 1 aromatic heterocycles. The number of nitrogens with zero attached hydrogens (tertiary/aromatic N) is 3. The quantitative estimate of drug-likeness (QED) is 0.722. The lowest BCUT2D eigenvalue weighted by Gasteiger charge is -2.36.